The maximum atomic E-state index is 12.4. The first-order chi connectivity index (χ1) is 10.0. The number of carbonyl (C=O) groups excluding carboxylic acids is 2. The van der Waals surface area contributed by atoms with Gasteiger partial charge in [0.05, 0.1) is 22.4 Å². The maximum absolute atomic E-state index is 12.4. The highest BCUT2D eigenvalue weighted by atomic mass is 16.4. The Morgan fingerprint density at radius 1 is 1.14 bits per heavy atom. The summed E-state index contributed by atoms with van der Waals surface area (Å²) in [4.78, 5) is 40.7. The van der Waals surface area contributed by atoms with Gasteiger partial charge in [0.1, 0.15) is 0 Å². The molecule has 0 saturated heterocycles. The molecule has 0 atom stereocenters. The Morgan fingerprint density at radius 2 is 1.86 bits per heavy atom. The summed E-state index contributed by atoms with van der Waals surface area (Å²) in [7, 11) is 0. The van der Waals surface area contributed by atoms with Crippen LogP contribution in [0, 0.1) is 6.92 Å². The van der Waals surface area contributed by atoms with Gasteiger partial charge in [-0.25, -0.2) is 9.69 Å². The maximum Gasteiger partial charge on any atom is 0.336 e. The zero-order valence-corrected chi connectivity index (χ0v) is 11.0. The number of benzene rings is 1. The second-order valence-corrected chi connectivity index (χ2v) is 4.62. The standard InChI is InChI=1S/C15H10N2O4/c1-8-9(15(20)21)3-2-4-12(8)17-13(18)10-5-6-16-7-11(10)14(17)19/h2-7H,1H3,(H,20,21). The summed E-state index contributed by atoms with van der Waals surface area (Å²) in [6.45, 7) is 1.57. The molecular weight excluding hydrogens is 272 g/mol. The average Bonchev–Trinajstić information content (AvgIpc) is 2.72. The minimum absolute atomic E-state index is 0.0576. The summed E-state index contributed by atoms with van der Waals surface area (Å²) < 4.78 is 0. The predicted octanol–water partition coefficient (Wildman–Crippen LogP) is 1.89. The molecule has 0 aliphatic carbocycles. The van der Waals surface area contributed by atoms with E-state index in [-0.39, 0.29) is 22.4 Å². The number of imide groups is 1. The van der Waals surface area contributed by atoms with E-state index in [4.69, 9.17) is 5.11 Å². The van der Waals surface area contributed by atoms with Crippen molar-refractivity contribution in [2.24, 2.45) is 0 Å². The highest BCUT2D eigenvalue weighted by Gasteiger charge is 2.37. The fourth-order valence-corrected chi connectivity index (χ4v) is 2.40. The molecule has 0 bridgehead atoms. The third kappa shape index (κ3) is 1.80. The molecule has 3 rings (SSSR count). The molecule has 104 valence electrons. The van der Waals surface area contributed by atoms with E-state index >= 15 is 0 Å². The van der Waals surface area contributed by atoms with Gasteiger partial charge in [-0.2, -0.15) is 0 Å². The lowest BCUT2D eigenvalue weighted by molar-refractivity contribution is 0.0695. The molecule has 1 aromatic heterocycles. The van der Waals surface area contributed by atoms with Gasteiger partial charge in [-0.1, -0.05) is 6.07 Å². The molecule has 6 nitrogen and oxygen atoms in total. The molecule has 0 radical (unpaired) electrons. The number of aromatic carboxylic acids is 1. The zero-order valence-electron chi connectivity index (χ0n) is 11.0. The second-order valence-electron chi connectivity index (χ2n) is 4.62. The Balaban J connectivity index is 2.16. The van der Waals surface area contributed by atoms with Crippen LogP contribution in [0.1, 0.15) is 36.6 Å². The Bertz CT molecular complexity index is 763. The molecule has 0 fully saturated rings. The van der Waals surface area contributed by atoms with Crippen LogP contribution in [0.15, 0.2) is 36.7 Å². The summed E-state index contributed by atoms with van der Waals surface area (Å²) in [6, 6.07) is 5.97. The summed E-state index contributed by atoms with van der Waals surface area (Å²) in [5.41, 5.74) is 1.20. The lowest BCUT2D eigenvalue weighted by atomic mass is 10.1. The van der Waals surface area contributed by atoms with Crippen molar-refractivity contribution in [2.75, 3.05) is 4.90 Å². The van der Waals surface area contributed by atoms with Crippen molar-refractivity contribution in [1.29, 1.82) is 0 Å². The number of carboxylic acid groups (broad SMARTS) is 1. The third-order valence-corrected chi connectivity index (χ3v) is 3.46. The van der Waals surface area contributed by atoms with Crippen molar-refractivity contribution in [3.63, 3.8) is 0 Å². The summed E-state index contributed by atoms with van der Waals surface area (Å²) in [5.74, 6) is -2.07. The first-order valence-electron chi connectivity index (χ1n) is 6.18. The molecule has 1 aliphatic heterocycles. The van der Waals surface area contributed by atoms with Crippen molar-refractivity contribution in [3.05, 3.63) is 58.9 Å². The molecule has 0 unspecified atom stereocenters. The lowest BCUT2D eigenvalue weighted by Gasteiger charge is -2.17. The van der Waals surface area contributed by atoms with E-state index in [2.05, 4.69) is 4.98 Å². The average molecular weight is 282 g/mol. The van der Waals surface area contributed by atoms with Gasteiger partial charge >= 0.3 is 5.97 Å². The van der Waals surface area contributed by atoms with Crippen molar-refractivity contribution in [1.82, 2.24) is 4.98 Å². The molecule has 21 heavy (non-hydrogen) atoms. The van der Waals surface area contributed by atoms with Gasteiger partial charge in [0.2, 0.25) is 0 Å². The predicted molar refractivity (Wildman–Crippen MR) is 73.5 cm³/mol. The molecule has 0 spiro atoms. The minimum Gasteiger partial charge on any atom is -0.478 e. The van der Waals surface area contributed by atoms with Crippen LogP contribution in [0.25, 0.3) is 0 Å². The first kappa shape index (κ1) is 13.0. The normalized spacial score (nSPS) is 13.5. The highest BCUT2D eigenvalue weighted by molar-refractivity contribution is 6.34. The van der Waals surface area contributed by atoms with Crippen LogP contribution in [-0.2, 0) is 0 Å². The van der Waals surface area contributed by atoms with Crippen molar-refractivity contribution < 1.29 is 19.5 Å². The van der Waals surface area contributed by atoms with E-state index in [0.717, 1.165) is 4.90 Å². The Kier molecular flexibility index (Phi) is 2.79. The Hall–Kier alpha value is -3.02. The van der Waals surface area contributed by atoms with Crippen LogP contribution in [0.5, 0.6) is 0 Å². The molecule has 1 aromatic carbocycles. The molecule has 1 aliphatic rings. The topological polar surface area (TPSA) is 87.6 Å². The minimum atomic E-state index is -1.10. The van der Waals surface area contributed by atoms with Crippen LogP contribution in [0.4, 0.5) is 5.69 Å². The molecule has 0 saturated carbocycles. The number of hydrogen-bond donors (Lipinski definition) is 1. The monoisotopic (exact) mass is 282 g/mol. The number of amides is 2. The molecule has 1 N–H and O–H groups in total. The number of carbonyl (C=O) groups is 3. The van der Waals surface area contributed by atoms with E-state index < -0.39 is 17.8 Å². The fourth-order valence-electron chi connectivity index (χ4n) is 2.40. The Morgan fingerprint density at radius 3 is 2.52 bits per heavy atom. The van der Waals surface area contributed by atoms with Crippen LogP contribution < -0.4 is 4.90 Å². The second kappa shape index (κ2) is 4.52. The number of pyridine rings is 1. The molecular formula is C15H10N2O4. The Labute approximate surface area is 119 Å². The van der Waals surface area contributed by atoms with Crippen molar-refractivity contribution in [2.45, 2.75) is 6.92 Å². The van der Waals surface area contributed by atoms with Crippen molar-refractivity contribution >= 4 is 23.5 Å². The number of rotatable bonds is 2. The third-order valence-electron chi connectivity index (χ3n) is 3.46. The van der Waals surface area contributed by atoms with E-state index in [1.807, 2.05) is 0 Å². The molecule has 2 heterocycles. The molecule has 2 aromatic rings. The number of anilines is 1. The van der Waals surface area contributed by atoms with E-state index in [0.29, 0.717) is 5.56 Å². The summed E-state index contributed by atoms with van der Waals surface area (Å²) >= 11 is 0. The summed E-state index contributed by atoms with van der Waals surface area (Å²) in [5, 5.41) is 9.14. The van der Waals surface area contributed by atoms with Gasteiger partial charge in [-0.3, -0.25) is 14.6 Å². The van der Waals surface area contributed by atoms with E-state index in [9.17, 15) is 14.4 Å². The fraction of sp³-hybridized carbons (Fsp3) is 0.0667. The first-order valence-corrected chi connectivity index (χ1v) is 6.18. The van der Waals surface area contributed by atoms with Gasteiger partial charge in [0.25, 0.3) is 11.8 Å². The van der Waals surface area contributed by atoms with Gasteiger partial charge in [0, 0.05) is 12.4 Å². The quantitative estimate of drug-likeness (QED) is 0.850. The number of nitrogens with zero attached hydrogens (tertiary/aromatic N) is 2. The molecule has 2 amide bonds. The van der Waals surface area contributed by atoms with Crippen LogP contribution in [-0.4, -0.2) is 27.9 Å². The molecule has 6 heteroatoms. The number of carboxylic acids is 1. The highest BCUT2D eigenvalue weighted by Crippen LogP contribution is 2.31. The largest absolute Gasteiger partial charge is 0.478 e. The van der Waals surface area contributed by atoms with Gasteiger partial charge < -0.3 is 5.11 Å². The van der Waals surface area contributed by atoms with Crippen molar-refractivity contribution in [3.8, 4) is 0 Å². The number of hydrogen-bond acceptors (Lipinski definition) is 4. The van der Waals surface area contributed by atoms with Crippen LogP contribution in [0.2, 0.25) is 0 Å². The SMILES string of the molecule is Cc1c(C(=O)O)cccc1N1C(=O)c2ccncc2C1=O. The summed E-state index contributed by atoms with van der Waals surface area (Å²) in [6.07, 6.45) is 2.78. The van der Waals surface area contributed by atoms with E-state index in [1.165, 1.54) is 30.6 Å². The van der Waals surface area contributed by atoms with Crippen LogP contribution >= 0.6 is 0 Å². The number of aromatic nitrogens is 1. The van der Waals surface area contributed by atoms with Gasteiger partial charge in [-0.15, -0.1) is 0 Å². The number of fused-ring (bicyclic) bond motifs is 1. The zero-order chi connectivity index (χ0) is 15.1. The van der Waals surface area contributed by atoms with Crippen LogP contribution in [0.3, 0.4) is 0 Å². The smallest absolute Gasteiger partial charge is 0.336 e. The van der Waals surface area contributed by atoms with E-state index in [1.54, 1.807) is 13.0 Å². The lowest BCUT2D eigenvalue weighted by Crippen LogP contribution is -2.30. The van der Waals surface area contributed by atoms with Gasteiger partial charge in [0.15, 0.2) is 0 Å². The van der Waals surface area contributed by atoms with Gasteiger partial charge in [-0.05, 0) is 30.7 Å².